The number of anilines is 1. The van der Waals surface area contributed by atoms with Crippen molar-refractivity contribution < 1.29 is 4.74 Å². The fourth-order valence-corrected chi connectivity index (χ4v) is 2.80. The second kappa shape index (κ2) is 6.80. The van der Waals surface area contributed by atoms with Gasteiger partial charge in [0.15, 0.2) is 0 Å². The maximum atomic E-state index is 5.50. The van der Waals surface area contributed by atoms with Gasteiger partial charge in [-0.3, -0.25) is 0 Å². The lowest BCUT2D eigenvalue weighted by Gasteiger charge is -2.30. The summed E-state index contributed by atoms with van der Waals surface area (Å²) < 4.78 is 5.50. The van der Waals surface area contributed by atoms with Gasteiger partial charge in [-0.25, -0.2) is 0 Å². The summed E-state index contributed by atoms with van der Waals surface area (Å²) in [4.78, 5) is 2.36. The van der Waals surface area contributed by atoms with Gasteiger partial charge in [0.2, 0.25) is 0 Å². The van der Waals surface area contributed by atoms with Crippen LogP contribution in [0.5, 0.6) is 5.75 Å². The predicted octanol–water partition coefficient (Wildman–Crippen LogP) is 2.69. The zero-order valence-corrected chi connectivity index (χ0v) is 12.4. The van der Waals surface area contributed by atoms with E-state index in [-0.39, 0.29) is 0 Å². The molecule has 19 heavy (non-hydrogen) atoms. The zero-order chi connectivity index (χ0) is 13.7. The van der Waals surface area contributed by atoms with Crippen molar-refractivity contribution in [1.29, 1.82) is 0 Å². The minimum Gasteiger partial charge on any atom is -0.495 e. The molecule has 0 unspecified atom stereocenters. The monoisotopic (exact) mass is 262 g/mol. The standard InChI is InChI=1S/C16H26N2O/c1-4-13-5-6-16(19-3)15(11-13)18(2)12-14-7-9-17-10-8-14/h5-6,11,14,17H,4,7-10,12H2,1-3H3. The van der Waals surface area contributed by atoms with Crippen molar-refractivity contribution in [2.45, 2.75) is 26.2 Å². The van der Waals surface area contributed by atoms with Gasteiger partial charge in [-0.15, -0.1) is 0 Å². The van der Waals surface area contributed by atoms with Crippen LogP contribution in [0.2, 0.25) is 0 Å². The molecule has 1 N–H and O–H groups in total. The van der Waals surface area contributed by atoms with Crippen molar-refractivity contribution in [3.63, 3.8) is 0 Å². The number of rotatable bonds is 5. The number of methoxy groups -OCH3 is 1. The van der Waals surface area contributed by atoms with Crippen LogP contribution in [-0.2, 0) is 6.42 Å². The largest absolute Gasteiger partial charge is 0.495 e. The summed E-state index contributed by atoms with van der Waals surface area (Å²) >= 11 is 0. The Morgan fingerprint density at radius 1 is 1.32 bits per heavy atom. The van der Waals surface area contributed by atoms with Gasteiger partial charge in [0.05, 0.1) is 12.8 Å². The molecule has 0 aromatic heterocycles. The molecular weight excluding hydrogens is 236 g/mol. The first-order valence-electron chi connectivity index (χ1n) is 7.33. The summed E-state index contributed by atoms with van der Waals surface area (Å²) in [5, 5.41) is 3.43. The highest BCUT2D eigenvalue weighted by atomic mass is 16.5. The molecule has 2 rings (SSSR count). The van der Waals surface area contributed by atoms with Crippen LogP contribution in [0.4, 0.5) is 5.69 Å². The van der Waals surface area contributed by atoms with Crippen LogP contribution in [0.15, 0.2) is 18.2 Å². The number of hydrogen-bond donors (Lipinski definition) is 1. The molecular formula is C16H26N2O. The number of ether oxygens (including phenoxy) is 1. The Morgan fingerprint density at radius 2 is 2.05 bits per heavy atom. The highest BCUT2D eigenvalue weighted by molar-refractivity contribution is 5.59. The molecule has 1 aromatic carbocycles. The highest BCUT2D eigenvalue weighted by Gasteiger charge is 2.17. The molecule has 1 aliphatic heterocycles. The maximum absolute atomic E-state index is 5.50. The summed E-state index contributed by atoms with van der Waals surface area (Å²) in [7, 11) is 3.93. The zero-order valence-electron chi connectivity index (χ0n) is 12.4. The van der Waals surface area contributed by atoms with Crippen molar-refractivity contribution >= 4 is 5.69 Å². The van der Waals surface area contributed by atoms with Crippen LogP contribution in [0.1, 0.15) is 25.3 Å². The topological polar surface area (TPSA) is 24.5 Å². The number of hydrogen-bond acceptors (Lipinski definition) is 3. The van der Waals surface area contributed by atoms with Crippen LogP contribution in [0.25, 0.3) is 0 Å². The molecule has 1 aromatic rings. The van der Waals surface area contributed by atoms with E-state index in [1.165, 1.54) is 24.1 Å². The third kappa shape index (κ3) is 3.63. The molecule has 3 nitrogen and oxygen atoms in total. The fourth-order valence-electron chi connectivity index (χ4n) is 2.80. The van der Waals surface area contributed by atoms with Crippen molar-refractivity contribution in [1.82, 2.24) is 5.32 Å². The lowest BCUT2D eigenvalue weighted by molar-refractivity contribution is 0.375. The smallest absolute Gasteiger partial charge is 0.142 e. The Labute approximate surface area is 116 Å². The second-order valence-electron chi connectivity index (χ2n) is 5.43. The molecule has 1 fully saturated rings. The summed E-state index contributed by atoms with van der Waals surface area (Å²) in [5.41, 5.74) is 2.59. The van der Waals surface area contributed by atoms with Crippen LogP contribution in [-0.4, -0.2) is 33.8 Å². The van der Waals surface area contributed by atoms with E-state index in [0.29, 0.717) is 0 Å². The van der Waals surface area contributed by atoms with E-state index in [4.69, 9.17) is 4.74 Å². The summed E-state index contributed by atoms with van der Waals surface area (Å²) in [6.07, 6.45) is 3.62. The van der Waals surface area contributed by atoms with Gasteiger partial charge in [-0.05, 0) is 56.0 Å². The molecule has 0 atom stereocenters. The SMILES string of the molecule is CCc1ccc(OC)c(N(C)CC2CCNCC2)c1. The Hall–Kier alpha value is -1.22. The van der Waals surface area contributed by atoms with Crippen LogP contribution < -0.4 is 15.0 Å². The van der Waals surface area contributed by atoms with Crippen molar-refractivity contribution in [3.8, 4) is 5.75 Å². The van der Waals surface area contributed by atoms with Crippen LogP contribution in [0, 0.1) is 5.92 Å². The number of benzene rings is 1. The van der Waals surface area contributed by atoms with Gasteiger partial charge in [0.1, 0.15) is 5.75 Å². The third-order valence-electron chi connectivity index (χ3n) is 4.05. The van der Waals surface area contributed by atoms with Gasteiger partial charge >= 0.3 is 0 Å². The summed E-state index contributed by atoms with van der Waals surface area (Å²) in [5.74, 6) is 1.77. The van der Waals surface area contributed by atoms with Gasteiger partial charge in [-0.2, -0.15) is 0 Å². The average Bonchev–Trinajstić information content (AvgIpc) is 2.47. The third-order valence-corrected chi connectivity index (χ3v) is 4.05. The minimum absolute atomic E-state index is 0.793. The Kier molecular flexibility index (Phi) is 5.08. The molecule has 0 bridgehead atoms. The normalized spacial score (nSPS) is 16.4. The Balaban J connectivity index is 2.09. The van der Waals surface area contributed by atoms with E-state index in [0.717, 1.165) is 37.7 Å². The molecule has 0 aliphatic carbocycles. The van der Waals surface area contributed by atoms with E-state index >= 15 is 0 Å². The van der Waals surface area contributed by atoms with E-state index in [2.05, 4.69) is 42.4 Å². The molecule has 0 amide bonds. The summed E-state index contributed by atoms with van der Waals surface area (Å²) in [6, 6.07) is 6.51. The maximum Gasteiger partial charge on any atom is 0.142 e. The first-order chi connectivity index (χ1) is 9.24. The van der Waals surface area contributed by atoms with E-state index in [1.807, 2.05) is 0 Å². The molecule has 106 valence electrons. The lowest BCUT2D eigenvalue weighted by Crippen LogP contribution is -2.34. The van der Waals surface area contributed by atoms with Gasteiger partial charge < -0.3 is 15.0 Å². The molecule has 0 spiro atoms. The van der Waals surface area contributed by atoms with Gasteiger partial charge in [-0.1, -0.05) is 13.0 Å². The second-order valence-corrected chi connectivity index (χ2v) is 5.43. The van der Waals surface area contributed by atoms with E-state index < -0.39 is 0 Å². The molecule has 3 heteroatoms. The predicted molar refractivity (Wildman–Crippen MR) is 81.2 cm³/mol. The number of nitrogens with zero attached hydrogens (tertiary/aromatic N) is 1. The lowest BCUT2D eigenvalue weighted by atomic mass is 9.97. The first-order valence-corrected chi connectivity index (χ1v) is 7.33. The van der Waals surface area contributed by atoms with Gasteiger partial charge in [0, 0.05) is 13.6 Å². The first kappa shape index (κ1) is 14.2. The van der Waals surface area contributed by atoms with Crippen LogP contribution in [0.3, 0.4) is 0 Å². The van der Waals surface area contributed by atoms with Crippen molar-refractivity contribution in [2.75, 3.05) is 38.7 Å². The fraction of sp³-hybridized carbons (Fsp3) is 0.625. The molecule has 0 radical (unpaired) electrons. The van der Waals surface area contributed by atoms with Crippen LogP contribution >= 0.6 is 0 Å². The van der Waals surface area contributed by atoms with E-state index in [1.54, 1.807) is 7.11 Å². The van der Waals surface area contributed by atoms with Crippen molar-refractivity contribution in [3.05, 3.63) is 23.8 Å². The number of nitrogens with one attached hydrogen (secondary N) is 1. The minimum atomic E-state index is 0.793. The number of aryl methyl sites for hydroxylation is 1. The highest BCUT2D eigenvalue weighted by Crippen LogP contribution is 2.30. The Morgan fingerprint density at radius 3 is 2.68 bits per heavy atom. The summed E-state index contributed by atoms with van der Waals surface area (Å²) in [6.45, 7) is 5.62. The van der Waals surface area contributed by atoms with Crippen molar-refractivity contribution in [2.24, 2.45) is 5.92 Å². The molecule has 1 heterocycles. The quantitative estimate of drug-likeness (QED) is 0.883. The van der Waals surface area contributed by atoms with E-state index in [9.17, 15) is 0 Å². The average molecular weight is 262 g/mol. The molecule has 1 aliphatic rings. The van der Waals surface area contributed by atoms with Gasteiger partial charge in [0.25, 0.3) is 0 Å². The number of piperidine rings is 1. The molecule has 1 saturated heterocycles. The molecule has 0 saturated carbocycles. The Bertz CT molecular complexity index is 400.